The van der Waals surface area contributed by atoms with E-state index in [1.165, 1.54) is 49.7 Å². The van der Waals surface area contributed by atoms with Crippen LogP contribution in [0, 0.1) is 0 Å². The summed E-state index contributed by atoms with van der Waals surface area (Å²) in [7, 11) is 0. The fourth-order valence-electron chi connectivity index (χ4n) is 11.3. The van der Waals surface area contributed by atoms with E-state index in [4.69, 9.17) is 14.8 Å². The maximum absolute atomic E-state index is 14.3. The standard InChI is InChI=1S/C59H67N15O3/c75-58(56-52-29-44(7-13-54(52)66-67-56)46-27-42(31-60-33-46)37-69-15-3-1-4-16-69)64-48-9-11-50(62-35-48)39-71-19-21-73(22-20-71)41-74-55-14-8-45(47-28-43(32-61-34-47)38-70-17-5-2-6-18-70)30-53(55)57(68-74)59(76)65-49-10-12-51(63-36-49)40-72-23-25-77-26-24-72/h7-14,27-36H,1-6,15-26,37-41H2,(H,64,75)(H,65,76)(H,66,67). The van der Waals surface area contributed by atoms with Crippen LogP contribution in [0.3, 0.4) is 0 Å². The van der Waals surface area contributed by atoms with Gasteiger partial charge in [0.05, 0.1) is 66.1 Å². The summed E-state index contributed by atoms with van der Waals surface area (Å²) in [5, 5.41) is 20.1. The lowest BCUT2D eigenvalue weighted by atomic mass is 10.0. The lowest BCUT2D eigenvalue weighted by Crippen LogP contribution is -2.46. The Morgan fingerprint density at radius 2 is 1.03 bits per heavy atom. The molecule has 3 N–H and O–H groups in total. The minimum absolute atomic E-state index is 0.282. The van der Waals surface area contributed by atoms with Crippen LogP contribution >= 0.6 is 0 Å². The Bertz CT molecular complexity index is 3310. The summed E-state index contributed by atoms with van der Waals surface area (Å²) in [6.07, 6.45) is 18.7. The van der Waals surface area contributed by atoms with Crippen LogP contribution in [0.25, 0.3) is 44.1 Å². The number of carbonyl (C=O) groups excluding carboxylic acids is 2. The van der Waals surface area contributed by atoms with E-state index in [0.29, 0.717) is 36.0 Å². The number of aromatic nitrogens is 8. The van der Waals surface area contributed by atoms with Crippen molar-refractivity contribution >= 4 is 45.0 Å². The third kappa shape index (κ3) is 12.3. The first-order valence-electron chi connectivity index (χ1n) is 27.5. The van der Waals surface area contributed by atoms with Crippen molar-refractivity contribution in [1.82, 2.24) is 64.4 Å². The van der Waals surface area contributed by atoms with Gasteiger partial charge in [0.15, 0.2) is 11.4 Å². The van der Waals surface area contributed by atoms with Crippen molar-refractivity contribution in [2.24, 2.45) is 0 Å². The van der Waals surface area contributed by atoms with Crippen LogP contribution in [0.2, 0.25) is 0 Å². The number of amides is 2. The van der Waals surface area contributed by atoms with E-state index in [0.717, 1.165) is 154 Å². The van der Waals surface area contributed by atoms with Crippen LogP contribution in [-0.2, 0) is 37.6 Å². The van der Waals surface area contributed by atoms with Crippen molar-refractivity contribution < 1.29 is 14.3 Å². The first-order chi connectivity index (χ1) is 37.9. The molecule has 0 atom stereocenters. The molecule has 2 amide bonds. The third-order valence-corrected chi connectivity index (χ3v) is 15.5. The van der Waals surface area contributed by atoms with Crippen molar-refractivity contribution in [2.75, 3.05) is 89.3 Å². The van der Waals surface area contributed by atoms with Crippen LogP contribution in [-0.4, -0.2) is 155 Å². The highest BCUT2D eigenvalue weighted by Gasteiger charge is 2.24. The van der Waals surface area contributed by atoms with Gasteiger partial charge in [-0.2, -0.15) is 10.2 Å². The Morgan fingerprint density at radius 1 is 0.494 bits per heavy atom. The Kier molecular flexibility index (Phi) is 15.4. The molecule has 12 rings (SSSR count). The first kappa shape index (κ1) is 50.5. The molecule has 0 saturated carbocycles. The predicted octanol–water partition coefficient (Wildman–Crippen LogP) is 7.91. The van der Waals surface area contributed by atoms with E-state index < -0.39 is 0 Å². The zero-order valence-corrected chi connectivity index (χ0v) is 43.7. The monoisotopic (exact) mass is 1030 g/mol. The van der Waals surface area contributed by atoms with Crippen molar-refractivity contribution in [3.63, 3.8) is 0 Å². The largest absolute Gasteiger partial charge is 0.379 e. The van der Waals surface area contributed by atoms with E-state index in [9.17, 15) is 9.59 Å². The number of likely N-dealkylation sites (tertiary alicyclic amines) is 2. The minimum atomic E-state index is -0.304. The van der Waals surface area contributed by atoms with Crippen LogP contribution in [0.4, 0.5) is 11.4 Å². The lowest BCUT2D eigenvalue weighted by Gasteiger charge is -2.34. The molecule has 4 aliphatic heterocycles. The number of morpholine rings is 1. The van der Waals surface area contributed by atoms with Crippen molar-refractivity contribution in [3.8, 4) is 22.3 Å². The molecule has 77 heavy (non-hydrogen) atoms. The van der Waals surface area contributed by atoms with Gasteiger partial charge in [-0.25, -0.2) is 4.68 Å². The number of piperidine rings is 2. The number of aromatic amines is 1. The average molecular weight is 1030 g/mol. The SMILES string of the molecule is O=C(Nc1ccc(CN2CCN(Cn3nc(C(=O)Nc4ccc(CN5CCOCC5)nc4)c4cc(-c5cncc(CN6CCCCC6)c5)ccc43)CC2)nc1)c1n[nH]c2ccc(-c3cncc(CN4CCCCC4)c3)cc12. The van der Waals surface area contributed by atoms with Gasteiger partial charge in [-0.1, -0.05) is 25.0 Å². The number of nitrogens with one attached hydrogen (secondary N) is 3. The molecule has 4 fully saturated rings. The summed E-state index contributed by atoms with van der Waals surface area (Å²) in [6, 6.07) is 24.5. The number of fused-ring (bicyclic) bond motifs is 2. The molecule has 0 spiro atoms. The highest BCUT2D eigenvalue weighted by Crippen LogP contribution is 2.30. The molecule has 10 heterocycles. The van der Waals surface area contributed by atoms with Crippen molar-refractivity contribution in [3.05, 3.63) is 144 Å². The molecule has 4 saturated heterocycles. The normalized spacial score (nSPS) is 17.5. The summed E-state index contributed by atoms with van der Waals surface area (Å²) < 4.78 is 7.48. The van der Waals surface area contributed by atoms with Crippen LogP contribution in [0.5, 0.6) is 0 Å². The van der Waals surface area contributed by atoms with Gasteiger partial charge in [-0.05, 0) is 135 Å². The summed E-state index contributed by atoms with van der Waals surface area (Å²) in [4.78, 5) is 58.7. The van der Waals surface area contributed by atoms with Gasteiger partial charge in [0.25, 0.3) is 11.8 Å². The fraction of sp³-hybridized carbons (Fsp3) is 0.390. The molecule has 6 aromatic heterocycles. The zero-order valence-electron chi connectivity index (χ0n) is 43.7. The fourth-order valence-corrected chi connectivity index (χ4v) is 11.3. The Hall–Kier alpha value is -7.32. The molecular weight excluding hydrogens is 967 g/mol. The number of ether oxygens (including phenoxy) is 1. The number of pyridine rings is 4. The highest BCUT2D eigenvalue weighted by atomic mass is 16.5. The Labute approximate surface area is 448 Å². The molecule has 18 heteroatoms. The smallest absolute Gasteiger partial charge is 0.276 e. The van der Waals surface area contributed by atoms with E-state index in [-0.39, 0.29) is 11.8 Å². The van der Waals surface area contributed by atoms with E-state index in [1.54, 1.807) is 12.4 Å². The molecular formula is C59H67N15O3. The van der Waals surface area contributed by atoms with Crippen LogP contribution in [0.1, 0.15) is 82.0 Å². The second-order valence-corrected chi connectivity index (χ2v) is 21.2. The molecule has 0 bridgehead atoms. The number of piperazine rings is 1. The number of carbonyl (C=O) groups is 2. The van der Waals surface area contributed by atoms with Crippen molar-refractivity contribution in [2.45, 2.75) is 71.4 Å². The zero-order chi connectivity index (χ0) is 51.9. The third-order valence-electron chi connectivity index (χ3n) is 15.5. The second kappa shape index (κ2) is 23.5. The predicted molar refractivity (Wildman–Crippen MR) is 298 cm³/mol. The van der Waals surface area contributed by atoms with Crippen LogP contribution in [0.15, 0.2) is 110 Å². The lowest BCUT2D eigenvalue weighted by molar-refractivity contribution is 0.0336. The van der Waals surface area contributed by atoms with E-state index in [1.807, 2.05) is 71.9 Å². The Balaban J connectivity index is 0.687. The number of rotatable bonds is 16. The van der Waals surface area contributed by atoms with Gasteiger partial charge in [0.1, 0.15) is 0 Å². The highest BCUT2D eigenvalue weighted by molar-refractivity contribution is 6.12. The number of benzene rings is 2. The average Bonchev–Trinajstić information content (AvgIpc) is 4.07. The first-order valence-corrected chi connectivity index (χ1v) is 27.5. The van der Waals surface area contributed by atoms with E-state index in [2.05, 4.69) is 90.6 Å². The van der Waals surface area contributed by atoms with Gasteiger partial charge >= 0.3 is 0 Å². The summed E-state index contributed by atoms with van der Waals surface area (Å²) in [5.74, 6) is -0.586. The maximum Gasteiger partial charge on any atom is 0.276 e. The molecule has 4 aliphatic rings. The molecule has 396 valence electrons. The number of H-pyrrole nitrogens is 1. The van der Waals surface area contributed by atoms with Gasteiger partial charge < -0.3 is 15.4 Å². The van der Waals surface area contributed by atoms with Gasteiger partial charge in [0.2, 0.25) is 0 Å². The van der Waals surface area contributed by atoms with Crippen molar-refractivity contribution in [1.29, 1.82) is 0 Å². The molecule has 8 aromatic rings. The molecule has 0 radical (unpaired) electrons. The number of hydrogen-bond donors (Lipinski definition) is 3. The molecule has 0 unspecified atom stereocenters. The molecule has 2 aromatic carbocycles. The summed E-state index contributed by atoms with van der Waals surface area (Å²) >= 11 is 0. The number of anilines is 2. The summed E-state index contributed by atoms with van der Waals surface area (Å²) in [6.45, 7) is 14.7. The number of nitrogens with zero attached hydrogens (tertiary/aromatic N) is 12. The minimum Gasteiger partial charge on any atom is -0.379 e. The van der Waals surface area contributed by atoms with Gasteiger partial charge in [-0.3, -0.25) is 59.1 Å². The maximum atomic E-state index is 14.3. The van der Waals surface area contributed by atoms with Gasteiger partial charge in [-0.15, -0.1) is 0 Å². The number of hydrogen-bond acceptors (Lipinski definition) is 14. The second-order valence-electron chi connectivity index (χ2n) is 21.2. The quantitative estimate of drug-likeness (QED) is 0.0849. The Morgan fingerprint density at radius 3 is 1.61 bits per heavy atom. The molecule has 0 aliphatic carbocycles. The van der Waals surface area contributed by atoms with E-state index >= 15 is 0 Å². The summed E-state index contributed by atoms with van der Waals surface area (Å²) in [5.41, 5.74) is 11.8. The van der Waals surface area contributed by atoms with Gasteiger partial charge in [0, 0.05) is 112 Å². The van der Waals surface area contributed by atoms with Crippen LogP contribution < -0.4 is 10.6 Å². The topological polar surface area (TPSA) is 182 Å². The molecule has 18 nitrogen and oxygen atoms in total.